The predicted molar refractivity (Wildman–Crippen MR) is 129 cm³/mol. The summed E-state index contributed by atoms with van der Waals surface area (Å²) >= 11 is 7.26. The molecule has 0 radical (unpaired) electrons. The molecule has 1 aliphatic rings. The maximum atomic E-state index is 12.5. The fourth-order valence-corrected chi connectivity index (χ4v) is 3.98. The van der Waals surface area contributed by atoms with E-state index in [1.807, 2.05) is 78.9 Å². The van der Waals surface area contributed by atoms with Crippen molar-refractivity contribution in [2.45, 2.75) is 20.0 Å². The fourth-order valence-electron chi connectivity index (χ4n) is 3.02. The zero-order valence-electron chi connectivity index (χ0n) is 17.0. The van der Waals surface area contributed by atoms with Crippen molar-refractivity contribution in [2.24, 2.45) is 4.99 Å². The fraction of sp³-hybridized carbons (Fsp3) is 0.120. The highest BCUT2D eigenvalue weighted by Crippen LogP contribution is 2.31. The molecule has 0 bridgehead atoms. The SMILES string of the molecule is CCc1ccc(N=C2NC(=O)C(=Cc3ccccc3OCc3ccc(Cl)cc3)S2)cc1. The number of ether oxygens (including phenoxy) is 1. The van der Waals surface area contributed by atoms with E-state index in [0.717, 1.165) is 23.2 Å². The number of halogens is 1. The van der Waals surface area contributed by atoms with Crippen molar-refractivity contribution >= 4 is 46.2 Å². The molecule has 4 nitrogen and oxygen atoms in total. The smallest absolute Gasteiger partial charge is 0.264 e. The van der Waals surface area contributed by atoms with Crippen LogP contribution in [0.1, 0.15) is 23.6 Å². The molecule has 0 saturated carbocycles. The van der Waals surface area contributed by atoms with Crippen molar-refractivity contribution in [3.8, 4) is 5.75 Å². The van der Waals surface area contributed by atoms with Crippen molar-refractivity contribution in [1.29, 1.82) is 0 Å². The molecule has 1 fully saturated rings. The first kappa shape index (κ1) is 21.2. The lowest BCUT2D eigenvalue weighted by atomic mass is 10.1. The van der Waals surface area contributed by atoms with E-state index in [2.05, 4.69) is 17.2 Å². The summed E-state index contributed by atoms with van der Waals surface area (Å²) in [7, 11) is 0. The van der Waals surface area contributed by atoms with Crippen LogP contribution in [0.4, 0.5) is 5.69 Å². The molecule has 1 N–H and O–H groups in total. The minimum atomic E-state index is -0.165. The minimum Gasteiger partial charge on any atom is -0.488 e. The Bertz CT molecular complexity index is 1140. The minimum absolute atomic E-state index is 0.165. The molecular formula is C25H21ClN2O2S. The van der Waals surface area contributed by atoms with Crippen LogP contribution < -0.4 is 10.1 Å². The van der Waals surface area contributed by atoms with Crippen LogP contribution in [0.5, 0.6) is 5.75 Å². The third-order valence-electron chi connectivity index (χ3n) is 4.74. The molecule has 1 aliphatic heterocycles. The monoisotopic (exact) mass is 448 g/mol. The van der Waals surface area contributed by atoms with Gasteiger partial charge in [-0.15, -0.1) is 0 Å². The molecule has 0 spiro atoms. The maximum absolute atomic E-state index is 12.5. The van der Waals surface area contributed by atoms with Crippen LogP contribution in [-0.4, -0.2) is 11.1 Å². The van der Waals surface area contributed by atoms with Gasteiger partial charge in [0, 0.05) is 10.6 Å². The van der Waals surface area contributed by atoms with Crippen LogP contribution in [0.3, 0.4) is 0 Å². The largest absolute Gasteiger partial charge is 0.488 e. The molecule has 0 aromatic heterocycles. The number of rotatable bonds is 6. The molecule has 0 unspecified atom stereocenters. The van der Waals surface area contributed by atoms with Gasteiger partial charge in [0.05, 0.1) is 10.6 Å². The van der Waals surface area contributed by atoms with Crippen LogP contribution >= 0.6 is 23.4 Å². The van der Waals surface area contributed by atoms with Crippen LogP contribution in [0.15, 0.2) is 82.7 Å². The highest BCUT2D eigenvalue weighted by molar-refractivity contribution is 8.18. The van der Waals surface area contributed by atoms with Gasteiger partial charge in [0.25, 0.3) is 5.91 Å². The van der Waals surface area contributed by atoms with Gasteiger partial charge < -0.3 is 10.1 Å². The molecule has 1 heterocycles. The highest BCUT2D eigenvalue weighted by atomic mass is 35.5. The number of hydrogen-bond acceptors (Lipinski definition) is 4. The Balaban J connectivity index is 1.49. The van der Waals surface area contributed by atoms with E-state index in [1.165, 1.54) is 17.3 Å². The number of aryl methyl sites for hydroxylation is 1. The average molecular weight is 449 g/mol. The number of thioether (sulfide) groups is 1. The quantitative estimate of drug-likeness (QED) is 0.445. The van der Waals surface area contributed by atoms with Crippen LogP contribution in [-0.2, 0) is 17.8 Å². The van der Waals surface area contributed by atoms with Crippen molar-refractivity contribution in [1.82, 2.24) is 5.32 Å². The number of para-hydroxylation sites is 1. The summed E-state index contributed by atoms with van der Waals surface area (Å²) in [6, 6.07) is 23.2. The van der Waals surface area contributed by atoms with E-state index < -0.39 is 0 Å². The first-order valence-corrected chi connectivity index (χ1v) is 11.1. The molecule has 0 aliphatic carbocycles. The third-order valence-corrected chi connectivity index (χ3v) is 5.90. The van der Waals surface area contributed by atoms with Gasteiger partial charge in [0.2, 0.25) is 0 Å². The van der Waals surface area contributed by atoms with E-state index in [4.69, 9.17) is 16.3 Å². The number of benzene rings is 3. The first-order chi connectivity index (χ1) is 15.1. The molecule has 3 aromatic carbocycles. The van der Waals surface area contributed by atoms with Crippen LogP contribution in [0, 0.1) is 0 Å². The maximum Gasteiger partial charge on any atom is 0.264 e. The lowest BCUT2D eigenvalue weighted by Gasteiger charge is -2.09. The second kappa shape index (κ2) is 9.86. The summed E-state index contributed by atoms with van der Waals surface area (Å²) in [5, 5.41) is 4.10. The highest BCUT2D eigenvalue weighted by Gasteiger charge is 2.24. The summed E-state index contributed by atoms with van der Waals surface area (Å²) in [6.07, 6.45) is 2.81. The first-order valence-electron chi connectivity index (χ1n) is 9.95. The lowest BCUT2D eigenvalue weighted by molar-refractivity contribution is -0.115. The summed E-state index contributed by atoms with van der Waals surface area (Å²) < 4.78 is 5.99. The van der Waals surface area contributed by atoms with Gasteiger partial charge in [-0.2, -0.15) is 0 Å². The summed E-state index contributed by atoms with van der Waals surface area (Å²) in [4.78, 5) is 17.6. The number of aliphatic imine (C=N–C) groups is 1. The summed E-state index contributed by atoms with van der Waals surface area (Å²) in [5.41, 5.74) is 3.92. The predicted octanol–water partition coefficient (Wildman–Crippen LogP) is 6.37. The Morgan fingerprint density at radius 2 is 1.71 bits per heavy atom. The number of amides is 1. The normalized spacial score (nSPS) is 16.0. The van der Waals surface area contributed by atoms with Gasteiger partial charge in [-0.3, -0.25) is 4.79 Å². The summed E-state index contributed by atoms with van der Waals surface area (Å²) in [6.45, 7) is 2.53. The third kappa shape index (κ3) is 5.57. The van der Waals surface area contributed by atoms with Crippen LogP contribution in [0.2, 0.25) is 5.02 Å². The van der Waals surface area contributed by atoms with E-state index in [9.17, 15) is 4.79 Å². The molecule has 4 rings (SSSR count). The number of carbonyl (C=O) groups excluding carboxylic acids is 1. The zero-order valence-corrected chi connectivity index (χ0v) is 18.5. The molecule has 3 aromatic rings. The van der Waals surface area contributed by atoms with Crippen molar-refractivity contribution < 1.29 is 9.53 Å². The second-order valence-corrected chi connectivity index (χ2v) is 8.42. The van der Waals surface area contributed by atoms with Gasteiger partial charge in [0.1, 0.15) is 12.4 Å². The number of nitrogens with one attached hydrogen (secondary N) is 1. The van der Waals surface area contributed by atoms with Crippen LogP contribution in [0.25, 0.3) is 6.08 Å². The van der Waals surface area contributed by atoms with Crippen molar-refractivity contribution in [3.63, 3.8) is 0 Å². The van der Waals surface area contributed by atoms with Gasteiger partial charge >= 0.3 is 0 Å². The molecule has 31 heavy (non-hydrogen) atoms. The number of nitrogens with zero attached hydrogens (tertiary/aromatic N) is 1. The molecular weight excluding hydrogens is 428 g/mol. The topological polar surface area (TPSA) is 50.7 Å². The standard InChI is InChI=1S/C25H21ClN2O2S/c1-2-17-9-13-21(14-10-17)27-25-28-24(29)23(31-25)15-19-5-3-4-6-22(19)30-16-18-7-11-20(26)12-8-18/h3-15H,2,16H2,1H3,(H,27,28,29). The van der Waals surface area contributed by atoms with Gasteiger partial charge in [-0.1, -0.05) is 61.0 Å². The van der Waals surface area contributed by atoms with E-state index in [-0.39, 0.29) is 5.91 Å². The molecule has 1 amide bonds. The van der Waals surface area contributed by atoms with E-state index >= 15 is 0 Å². The van der Waals surface area contributed by atoms with Gasteiger partial charge in [-0.05, 0) is 65.7 Å². The van der Waals surface area contributed by atoms with Gasteiger partial charge in [-0.25, -0.2) is 4.99 Å². The molecule has 6 heteroatoms. The molecule has 1 saturated heterocycles. The Morgan fingerprint density at radius 3 is 2.45 bits per heavy atom. The summed E-state index contributed by atoms with van der Waals surface area (Å²) in [5.74, 6) is 0.542. The average Bonchev–Trinajstić information content (AvgIpc) is 3.13. The number of amidine groups is 1. The molecule has 0 atom stereocenters. The Labute approximate surface area is 191 Å². The van der Waals surface area contributed by atoms with Gasteiger partial charge in [0.15, 0.2) is 5.17 Å². The number of carbonyl (C=O) groups is 1. The van der Waals surface area contributed by atoms with E-state index in [0.29, 0.717) is 27.5 Å². The number of hydrogen-bond donors (Lipinski definition) is 1. The Morgan fingerprint density at radius 1 is 1.00 bits per heavy atom. The van der Waals surface area contributed by atoms with Crippen molar-refractivity contribution in [2.75, 3.05) is 0 Å². The Kier molecular flexibility index (Phi) is 6.75. The second-order valence-electron chi connectivity index (χ2n) is 6.95. The Hall–Kier alpha value is -3.02. The van der Waals surface area contributed by atoms with Crippen molar-refractivity contribution in [3.05, 3.63) is 99.4 Å². The lowest BCUT2D eigenvalue weighted by Crippen LogP contribution is -2.19. The molecule has 156 valence electrons. The van der Waals surface area contributed by atoms with E-state index in [1.54, 1.807) is 0 Å². The zero-order chi connectivity index (χ0) is 21.6.